The standard InChI is InChI=1S/C14H22ClNO/c1-3-5-8-16-9-10-17-13-6-7-14(15)12(4-2)11-13/h6-7,11,16H,3-5,8-10H2,1-2H3. The van der Waals surface area contributed by atoms with Crippen LogP contribution in [-0.4, -0.2) is 19.7 Å². The monoisotopic (exact) mass is 255 g/mol. The van der Waals surface area contributed by atoms with Crippen LogP contribution < -0.4 is 10.1 Å². The van der Waals surface area contributed by atoms with Gasteiger partial charge in [0.2, 0.25) is 0 Å². The number of rotatable bonds is 8. The van der Waals surface area contributed by atoms with E-state index in [9.17, 15) is 0 Å². The molecule has 0 unspecified atom stereocenters. The summed E-state index contributed by atoms with van der Waals surface area (Å²) in [6, 6.07) is 5.85. The van der Waals surface area contributed by atoms with Gasteiger partial charge in [-0.25, -0.2) is 0 Å². The highest BCUT2D eigenvalue weighted by Gasteiger charge is 2.00. The number of aryl methyl sites for hydroxylation is 1. The van der Waals surface area contributed by atoms with Crippen LogP contribution in [0, 0.1) is 0 Å². The molecule has 1 aromatic rings. The summed E-state index contributed by atoms with van der Waals surface area (Å²) in [5, 5.41) is 4.17. The van der Waals surface area contributed by atoms with Crippen molar-refractivity contribution in [1.82, 2.24) is 5.32 Å². The average molecular weight is 256 g/mol. The van der Waals surface area contributed by atoms with Crippen molar-refractivity contribution in [2.75, 3.05) is 19.7 Å². The van der Waals surface area contributed by atoms with Gasteiger partial charge in [-0.15, -0.1) is 0 Å². The number of nitrogens with one attached hydrogen (secondary N) is 1. The van der Waals surface area contributed by atoms with Gasteiger partial charge in [0.15, 0.2) is 0 Å². The molecule has 0 fully saturated rings. The summed E-state index contributed by atoms with van der Waals surface area (Å²) in [4.78, 5) is 0. The number of halogens is 1. The third-order valence-electron chi connectivity index (χ3n) is 2.65. The van der Waals surface area contributed by atoms with Crippen molar-refractivity contribution in [2.24, 2.45) is 0 Å². The van der Waals surface area contributed by atoms with Gasteiger partial charge in [-0.1, -0.05) is 31.9 Å². The number of unbranched alkanes of at least 4 members (excludes halogenated alkanes) is 1. The molecule has 1 rings (SSSR count). The predicted octanol–water partition coefficient (Wildman–Crippen LogP) is 3.67. The Labute approximate surface area is 109 Å². The predicted molar refractivity (Wildman–Crippen MR) is 74.1 cm³/mol. The van der Waals surface area contributed by atoms with Crippen LogP contribution in [0.3, 0.4) is 0 Å². The molecule has 3 heteroatoms. The molecule has 0 aromatic heterocycles. The van der Waals surface area contributed by atoms with E-state index >= 15 is 0 Å². The molecule has 1 aromatic carbocycles. The van der Waals surface area contributed by atoms with E-state index in [1.54, 1.807) is 0 Å². The fraction of sp³-hybridized carbons (Fsp3) is 0.571. The molecule has 0 heterocycles. The molecule has 0 aliphatic rings. The first kappa shape index (κ1) is 14.3. The lowest BCUT2D eigenvalue weighted by atomic mass is 10.1. The molecule has 1 N–H and O–H groups in total. The maximum absolute atomic E-state index is 6.05. The number of hydrogen-bond donors (Lipinski definition) is 1. The topological polar surface area (TPSA) is 21.3 Å². The van der Waals surface area contributed by atoms with Crippen LogP contribution in [0.4, 0.5) is 0 Å². The highest BCUT2D eigenvalue weighted by molar-refractivity contribution is 6.31. The van der Waals surface area contributed by atoms with Crippen molar-refractivity contribution in [3.05, 3.63) is 28.8 Å². The minimum atomic E-state index is 0.703. The Morgan fingerprint density at radius 2 is 2.06 bits per heavy atom. The van der Waals surface area contributed by atoms with E-state index in [0.717, 1.165) is 35.8 Å². The Balaban J connectivity index is 2.27. The van der Waals surface area contributed by atoms with E-state index in [1.165, 1.54) is 12.8 Å². The largest absolute Gasteiger partial charge is 0.492 e. The third kappa shape index (κ3) is 5.42. The molecule has 0 aliphatic heterocycles. The van der Waals surface area contributed by atoms with Gasteiger partial charge in [-0.3, -0.25) is 0 Å². The van der Waals surface area contributed by atoms with Crippen molar-refractivity contribution in [2.45, 2.75) is 33.1 Å². The number of ether oxygens (including phenoxy) is 1. The van der Waals surface area contributed by atoms with Crippen LogP contribution >= 0.6 is 11.6 Å². The molecule has 17 heavy (non-hydrogen) atoms. The molecule has 96 valence electrons. The van der Waals surface area contributed by atoms with Gasteiger partial charge in [-0.05, 0) is 43.1 Å². The second kappa shape index (κ2) is 8.37. The summed E-state index contributed by atoms with van der Waals surface area (Å²) in [6.07, 6.45) is 3.39. The Hall–Kier alpha value is -0.730. The van der Waals surface area contributed by atoms with Gasteiger partial charge >= 0.3 is 0 Å². The minimum Gasteiger partial charge on any atom is -0.492 e. The fourth-order valence-corrected chi connectivity index (χ4v) is 1.83. The van der Waals surface area contributed by atoms with Crippen molar-refractivity contribution in [3.8, 4) is 5.75 Å². The van der Waals surface area contributed by atoms with E-state index in [-0.39, 0.29) is 0 Å². The van der Waals surface area contributed by atoms with Crippen LogP contribution in [0.1, 0.15) is 32.3 Å². The fourth-order valence-electron chi connectivity index (χ4n) is 1.58. The van der Waals surface area contributed by atoms with Crippen LogP contribution in [0.25, 0.3) is 0 Å². The van der Waals surface area contributed by atoms with Crippen molar-refractivity contribution in [3.63, 3.8) is 0 Å². The van der Waals surface area contributed by atoms with E-state index < -0.39 is 0 Å². The molecule has 0 atom stereocenters. The Kier molecular flexibility index (Phi) is 7.06. The summed E-state index contributed by atoms with van der Waals surface area (Å²) in [7, 11) is 0. The Bertz CT molecular complexity index is 328. The second-order valence-electron chi connectivity index (χ2n) is 4.06. The summed E-state index contributed by atoms with van der Waals surface area (Å²) < 4.78 is 5.66. The number of hydrogen-bond acceptors (Lipinski definition) is 2. The first-order chi connectivity index (χ1) is 8.27. The molecule has 0 amide bonds. The SMILES string of the molecule is CCCCNCCOc1ccc(Cl)c(CC)c1. The van der Waals surface area contributed by atoms with E-state index in [4.69, 9.17) is 16.3 Å². The molecule has 0 saturated heterocycles. The first-order valence-corrected chi connectivity index (χ1v) is 6.77. The van der Waals surface area contributed by atoms with Gasteiger partial charge in [0, 0.05) is 11.6 Å². The van der Waals surface area contributed by atoms with Crippen molar-refractivity contribution in [1.29, 1.82) is 0 Å². The highest BCUT2D eigenvalue weighted by Crippen LogP contribution is 2.22. The Morgan fingerprint density at radius 3 is 2.76 bits per heavy atom. The van der Waals surface area contributed by atoms with Crippen LogP contribution in [0.15, 0.2) is 18.2 Å². The zero-order valence-electron chi connectivity index (χ0n) is 10.8. The molecule has 0 radical (unpaired) electrons. The lowest BCUT2D eigenvalue weighted by Crippen LogP contribution is -2.21. The lowest BCUT2D eigenvalue weighted by molar-refractivity contribution is 0.313. The lowest BCUT2D eigenvalue weighted by Gasteiger charge is -2.09. The maximum atomic E-state index is 6.05. The summed E-state index contributed by atoms with van der Waals surface area (Å²) >= 11 is 6.05. The minimum absolute atomic E-state index is 0.703. The summed E-state index contributed by atoms with van der Waals surface area (Å²) in [5.41, 5.74) is 1.14. The van der Waals surface area contributed by atoms with Gasteiger partial charge < -0.3 is 10.1 Å². The number of benzene rings is 1. The van der Waals surface area contributed by atoms with Crippen LogP contribution in [0.2, 0.25) is 5.02 Å². The third-order valence-corrected chi connectivity index (χ3v) is 3.02. The van der Waals surface area contributed by atoms with Crippen LogP contribution in [-0.2, 0) is 6.42 Å². The quantitative estimate of drug-likeness (QED) is 0.716. The van der Waals surface area contributed by atoms with E-state index in [0.29, 0.717) is 6.61 Å². The summed E-state index contributed by atoms with van der Waals surface area (Å²) in [6.45, 7) is 6.95. The molecular formula is C14H22ClNO. The Morgan fingerprint density at radius 1 is 1.24 bits per heavy atom. The zero-order valence-corrected chi connectivity index (χ0v) is 11.5. The first-order valence-electron chi connectivity index (χ1n) is 6.39. The zero-order chi connectivity index (χ0) is 12.5. The van der Waals surface area contributed by atoms with E-state index in [2.05, 4.69) is 19.2 Å². The maximum Gasteiger partial charge on any atom is 0.119 e. The summed E-state index contributed by atoms with van der Waals surface area (Å²) in [5.74, 6) is 0.906. The smallest absolute Gasteiger partial charge is 0.119 e. The van der Waals surface area contributed by atoms with Crippen molar-refractivity contribution < 1.29 is 4.74 Å². The average Bonchev–Trinajstić information content (AvgIpc) is 2.35. The molecule has 0 spiro atoms. The second-order valence-corrected chi connectivity index (χ2v) is 4.47. The van der Waals surface area contributed by atoms with Gasteiger partial charge in [0.1, 0.15) is 12.4 Å². The van der Waals surface area contributed by atoms with Gasteiger partial charge in [0.05, 0.1) is 0 Å². The van der Waals surface area contributed by atoms with Gasteiger partial charge in [-0.2, -0.15) is 0 Å². The van der Waals surface area contributed by atoms with Gasteiger partial charge in [0.25, 0.3) is 0 Å². The molecule has 0 saturated carbocycles. The highest BCUT2D eigenvalue weighted by atomic mass is 35.5. The van der Waals surface area contributed by atoms with Crippen LogP contribution in [0.5, 0.6) is 5.75 Å². The normalized spacial score (nSPS) is 10.5. The molecule has 0 aliphatic carbocycles. The molecule has 2 nitrogen and oxygen atoms in total. The molecular weight excluding hydrogens is 234 g/mol. The van der Waals surface area contributed by atoms with E-state index in [1.807, 2.05) is 18.2 Å². The van der Waals surface area contributed by atoms with Crippen molar-refractivity contribution >= 4 is 11.6 Å². The molecule has 0 bridgehead atoms.